The highest BCUT2D eigenvalue weighted by atomic mass is 35.5. The van der Waals surface area contributed by atoms with E-state index in [-0.39, 0.29) is 10.9 Å². The maximum absolute atomic E-state index is 13.4. The Hall–Kier alpha value is -1.47. The smallest absolute Gasteiger partial charge is 0.243 e. The topological polar surface area (TPSA) is 40.6 Å². The van der Waals surface area contributed by atoms with Gasteiger partial charge in [0.2, 0.25) is 10.0 Å². The third-order valence-electron chi connectivity index (χ3n) is 4.61. The number of nitrogens with zero attached hydrogens (tertiary/aromatic N) is 2. The number of rotatable bonds is 4. The fourth-order valence-corrected chi connectivity index (χ4v) is 4.87. The van der Waals surface area contributed by atoms with Crippen LogP contribution >= 0.6 is 11.6 Å². The standard InChI is InChI=1S/C18H20ClFN2O2S/c1-14(17-7-2-3-8-18(17)19)21-9-11-22(12-10-21)25(23,24)16-6-4-5-15(20)13-16/h2-8,13-14H,9-12H2,1H3/t14-/m0/s1. The summed E-state index contributed by atoms with van der Waals surface area (Å²) < 4.78 is 40.1. The molecule has 0 aromatic heterocycles. The lowest BCUT2D eigenvalue weighted by atomic mass is 10.1. The largest absolute Gasteiger partial charge is 0.294 e. The molecule has 1 aliphatic rings. The van der Waals surface area contributed by atoms with E-state index in [1.54, 1.807) is 0 Å². The summed E-state index contributed by atoms with van der Waals surface area (Å²) in [6, 6.07) is 12.9. The molecule has 1 aliphatic heterocycles. The molecular formula is C18H20ClFN2O2S. The molecule has 0 amide bonds. The molecule has 0 N–H and O–H groups in total. The Kier molecular flexibility index (Phi) is 5.43. The lowest BCUT2D eigenvalue weighted by Gasteiger charge is -2.37. The van der Waals surface area contributed by atoms with Gasteiger partial charge in [-0.3, -0.25) is 4.90 Å². The molecule has 0 spiro atoms. The number of halogens is 2. The molecule has 0 saturated carbocycles. The van der Waals surface area contributed by atoms with Crippen LogP contribution in [-0.2, 0) is 10.0 Å². The molecule has 1 atom stereocenters. The van der Waals surface area contributed by atoms with Gasteiger partial charge in [0.05, 0.1) is 4.90 Å². The van der Waals surface area contributed by atoms with Gasteiger partial charge in [-0.15, -0.1) is 0 Å². The fourth-order valence-electron chi connectivity index (χ4n) is 3.12. The van der Waals surface area contributed by atoms with Gasteiger partial charge in [-0.05, 0) is 36.8 Å². The lowest BCUT2D eigenvalue weighted by molar-refractivity contribution is 0.146. The molecule has 1 saturated heterocycles. The van der Waals surface area contributed by atoms with Gasteiger partial charge in [0, 0.05) is 37.2 Å². The van der Waals surface area contributed by atoms with Crippen molar-refractivity contribution >= 4 is 21.6 Å². The molecule has 1 fully saturated rings. The highest BCUT2D eigenvalue weighted by molar-refractivity contribution is 7.89. The van der Waals surface area contributed by atoms with Crippen molar-refractivity contribution in [3.8, 4) is 0 Å². The van der Waals surface area contributed by atoms with Gasteiger partial charge in [0.25, 0.3) is 0 Å². The molecule has 25 heavy (non-hydrogen) atoms. The number of hydrogen-bond donors (Lipinski definition) is 0. The van der Waals surface area contributed by atoms with Crippen molar-refractivity contribution in [2.24, 2.45) is 0 Å². The van der Waals surface area contributed by atoms with Gasteiger partial charge >= 0.3 is 0 Å². The van der Waals surface area contributed by atoms with Crippen LogP contribution in [0.4, 0.5) is 4.39 Å². The van der Waals surface area contributed by atoms with Crippen molar-refractivity contribution in [2.75, 3.05) is 26.2 Å². The minimum absolute atomic E-state index is 0.0000947. The Balaban J connectivity index is 1.70. The van der Waals surface area contributed by atoms with Crippen LogP contribution in [0.2, 0.25) is 5.02 Å². The highest BCUT2D eigenvalue weighted by Crippen LogP contribution is 2.28. The van der Waals surface area contributed by atoms with E-state index < -0.39 is 15.8 Å². The summed E-state index contributed by atoms with van der Waals surface area (Å²) in [6.45, 7) is 4.00. The van der Waals surface area contributed by atoms with Gasteiger partial charge in [0.15, 0.2) is 0 Å². The zero-order valence-electron chi connectivity index (χ0n) is 13.9. The molecule has 2 aromatic carbocycles. The highest BCUT2D eigenvalue weighted by Gasteiger charge is 2.30. The number of hydrogen-bond acceptors (Lipinski definition) is 3. The fraction of sp³-hybridized carbons (Fsp3) is 0.333. The van der Waals surface area contributed by atoms with Crippen LogP contribution in [0.1, 0.15) is 18.5 Å². The van der Waals surface area contributed by atoms with Crippen LogP contribution in [-0.4, -0.2) is 43.8 Å². The van der Waals surface area contributed by atoms with Crippen molar-refractivity contribution in [3.63, 3.8) is 0 Å². The quantitative estimate of drug-likeness (QED) is 0.812. The Morgan fingerprint density at radius 3 is 2.36 bits per heavy atom. The average molecular weight is 383 g/mol. The first-order valence-electron chi connectivity index (χ1n) is 8.14. The molecule has 0 bridgehead atoms. The zero-order valence-corrected chi connectivity index (χ0v) is 15.5. The van der Waals surface area contributed by atoms with Crippen molar-refractivity contribution in [1.82, 2.24) is 9.21 Å². The maximum atomic E-state index is 13.4. The molecule has 0 unspecified atom stereocenters. The van der Waals surface area contributed by atoms with Crippen LogP contribution in [0.5, 0.6) is 0 Å². The Morgan fingerprint density at radius 1 is 1.04 bits per heavy atom. The minimum Gasteiger partial charge on any atom is -0.294 e. The summed E-state index contributed by atoms with van der Waals surface area (Å²) in [6.07, 6.45) is 0. The molecule has 0 aliphatic carbocycles. The first-order chi connectivity index (χ1) is 11.9. The second kappa shape index (κ2) is 7.41. The third kappa shape index (κ3) is 3.87. The average Bonchev–Trinajstić information content (AvgIpc) is 2.62. The minimum atomic E-state index is -3.67. The van der Waals surface area contributed by atoms with E-state index in [1.807, 2.05) is 24.3 Å². The van der Waals surface area contributed by atoms with Crippen molar-refractivity contribution in [3.05, 3.63) is 64.9 Å². The molecular weight excluding hydrogens is 363 g/mol. The van der Waals surface area contributed by atoms with E-state index in [1.165, 1.54) is 22.5 Å². The summed E-state index contributed by atoms with van der Waals surface area (Å²) in [7, 11) is -3.67. The van der Waals surface area contributed by atoms with Gasteiger partial charge in [-0.1, -0.05) is 35.9 Å². The van der Waals surface area contributed by atoms with Crippen LogP contribution in [0.25, 0.3) is 0 Å². The van der Waals surface area contributed by atoms with Crippen LogP contribution < -0.4 is 0 Å². The molecule has 2 aromatic rings. The molecule has 134 valence electrons. The Labute approximate surface area is 152 Å². The summed E-state index contributed by atoms with van der Waals surface area (Å²) >= 11 is 6.27. The SMILES string of the molecule is C[C@@H](c1ccccc1Cl)N1CCN(S(=O)(=O)c2cccc(F)c2)CC1. The van der Waals surface area contributed by atoms with E-state index in [2.05, 4.69) is 11.8 Å². The van der Waals surface area contributed by atoms with Crippen molar-refractivity contribution < 1.29 is 12.8 Å². The monoisotopic (exact) mass is 382 g/mol. The summed E-state index contributed by atoms with van der Waals surface area (Å²) in [4.78, 5) is 2.21. The number of piperazine rings is 1. The predicted octanol–water partition coefficient (Wildman–Crippen LogP) is 3.55. The third-order valence-corrected chi connectivity index (χ3v) is 6.85. The van der Waals surface area contributed by atoms with Gasteiger partial charge < -0.3 is 0 Å². The second-order valence-corrected chi connectivity index (χ2v) is 8.44. The molecule has 7 heteroatoms. The Morgan fingerprint density at radius 2 is 1.72 bits per heavy atom. The number of benzene rings is 2. The maximum Gasteiger partial charge on any atom is 0.243 e. The Bertz CT molecular complexity index is 852. The van der Waals surface area contributed by atoms with Gasteiger partial charge in [-0.25, -0.2) is 12.8 Å². The van der Waals surface area contributed by atoms with Crippen molar-refractivity contribution in [2.45, 2.75) is 17.9 Å². The van der Waals surface area contributed by atoms with Crippen LogP contribution in [0, 0.1) is 5.82 Å². The van der Waals surface area contributed by atoms with E-state index >= 15 is 0 Å². The van der Waals surface area contributed by atoms with Crippen LogP contribution in [0.15, 0.2) is 53.4 Å². The second-order valence-electron chi connectivity index (χ2n) is 6.09. The molecule has 3 rings (SSSR count). The first kappa shape index (κ1) is 18.3. The lowest BCUT2D eigenvalue weighted by Crippen LogP contribution is -2.49. The predicted molar refractivity (Wildman–Crippen MR) is 96.6 cm³/mol. The molecule has 0 radical (unpaired) electrons. The molecule has 1 heterocycles. The van der Waals surface area contributed by atoms with E-state index in [0.717, 1.165) is 11.6 Å². The number of sulfonamides is 1. The van der Waals surface area contributed by atoms with E-state index in [9.17, 15) is 12.8 Å². The summed E-state index contributed by atoms with van der Waals surface area (Å²) in [5.74, 6) is -0.549. The summed E-state index contributed by atoms with van der Waals surface area (Å²) in [5, 5.41) is 0.713. The van der Waals surface area contributed by atoms with E-state index in [0.29, 0.717) is 31.2 Å². The first-order valence-corrected chi connectivity index (χ1v) is 9.95. The summed E-state index contributed by atoms with van der Waals surface area (Å²) in [5.41, 5.74) is 1.03. The van der Waals surface area contributed by atoms with E-state index in [4.69, 9.17) is 11.6 Å². The van der Waals surface area contributed by atoms with Crippen LogP contribution in [0.3, 0.4) is 0 Å². The van der Waals surface area contributed by atoms with Crippen molar-refractivity contribution in [1.29, 1.82) is 0 Å². The van der Waals surface area contributed by atoms with Gasteiger partial charge in [-0.2, -0.15) is 4.31 Å². The normalized spacial score (nSPS) is 18.2. The molecule has 4 nitrogen and oxygen atoms in total. The zero-order chi connectivity index (χ0) is 18.0. The van der Waals surface area contributed by atoms with Gasteiger partial charge in [0.1, 0.15) is 5.82 Å².